The van der Waals surface area contributed by atoms with Gasteiger partial charge < -0.3 is 48.8 Å². The molecule has 3 saturated heterocycles. The summed E-state index contributed by atoms with van der Waals surface area (Å²) in [6, 6.07) is 0. The van der Waals surface area contributed by atoms with Gasteiger partial charge in [-0.25, -0.2) is 0 Å². The number of hydrogen-bond acceptors (Lipinski definition) is 12. The van der Waals surface area contributed by atoms with Crippen LogP contribution in [-0.4, -0.2) is 106 Å². The maximum Gasteiger partial charge on any atom is 0.308 e. The summed E-state index contributed by atoms with van der Waals surface area (Å²) >= 11 is 0. The highest BCUT2D eigenvalue weighted by Crippen LogP contribution is 2.50. The van der Waals surface area contributed by atoms with Crippen LogP contribution in [0.3, 0.4) is 0 Å². The molecule has 4 N–H and O–H groups in total. The molecule has 4 heterocycles. The largest absolute Gasteiger partial charge is 0.462 e. The van der Waals surface area contributed by atoms with Crippen LogP contribution in [0.15, 0.2) is 35.5 Å². The molecule has 0 aliphatic carbocycles. The minimum Gasteiger partial charge on any atom is -0.462 e. The van der Waals surface area contributed by atoms with Crippen molar-refractivity contribution in [1.82, 2.24) is 0 Å². The van der Waals surface area contributed by atoms with E-state index in [-0.39, 0.29) is 25.7 Å². The van der Waals surface area contributed by atoms with Crippen LogP contribution >= 0.6 is 0 Å². The van der Waals surface area contributed by atoms with Crippen molar-refractivity contribution in [2.45, 2.75) is 173 Å². The summed E-state index contributed by atoms with van der Waals surface area (Å²) in [5.74, 6) is -4.94. The van der Waals surface area contributed by atoms with Crippen LogP contribution < -0.4 is 0 Å². The van der Waals surface area contributed by atoms with E-state index in [1.165, 1.54) is 21.0 Å². The molecule has 0 radical (unpaired) electrons. The zero-order valence-corrected chi connectivity index (χ0v) is 31.2. The zero-order valence-electron chi connectivity index (χ0n) is 31.2. The number of rotatable bonds is 3. The Hall–Kier alpha value is -2.16. The normalized spacial score (nSPS) is 42.6. The van der Waals surface area contributed by atoms with E-state index in [0.29, 0.717) is 19.3 Å². The molecule has 4 aliphatic heterocycles. The van der Waals surface area contributed by atoms with Crippen LogP contribution in [0.2, 0.25) is 0 Å². The van der Waals surface area contributed by atoms with Crippen LogP contribution in [0.25, 0.3) is 0 Å². The van der Waals surface area contributed by atoms with E-state index in [4.69, 9.17) is 28.4 Å². The number of ether oxygens (including phenoxy) is 6. The van der Waals surface area contributed by atoms with Gasteiger partial charge in [0, 0.05) is 45.1 Å². The van der Waals surface area contributed by atoms with Gasteiger partial charge in [0.15, 0.2) is 5.79 Å². The summed E-state index contributed by atoms with van der Waals surface area (Å²) < 4.78 is 36.7. The Balaban J connectivity index is 1.78. The van der Waals surface area contributed by atoms with Gasteiger partial charge in [-0.2, -0.15) is 0 Å². The second-order valence-corrected chi connectivity index (χ2v) is 15.7. The number of aliphatic hydroxyl groups is 4. The van der Waals surface area contributed by atoms with Crippen molar-refractivity contribution in [2.24, 2.45) is 10.8 Å². The molecule has 4 rings (SSSR count). The molecular weight excluding hydrogens is 648 g/mol. The van der Waals surface area contributed by atoms with Gasteiger partial charge in [-0.1, -0.05) is 57.6 Å². The van der Waals surface area contributed by atoms with Crippen molar-refractivity contribution in [2.75, 3.05) is 7.11 Å². The Kier molecular flexibility index (Phi) is 12.9. The molecule has 284 valence electrons. The molecular formula is C38H60O12. The molecule has 6 bridgehead atoms. The van der Waals surface area contributed by atoms with Gasteiger partial charge in [0.1, 0.15) is 18.3 Å². The van der Waals surface area contributed by atoms with Gasteiger partial charge in [0.25, 0.3) is 0 Å². The maximum absolute atomic E-state index is 13.2. The summed E-state index contributed by atoms with van der Waals surface area (Å²) in [6.45, 7) is 13.9. The molecule has 0 spiro atoms. The standard InChI is InChI=1S/C38H60O12/c1-10-24-14-27-12-13-35(5,6)38(44)34(45-9)25(11-2)16-28(50-38)19-31(22(3)39)48-33(42)18-26(41)17-29-20-32(46-23(4)40)36(7,8)37(43,49-29)21-30(15-24)47-27/h10-13,22,26-32,34,39,41,43-44H,14-21H2,1-9H3/b13-12+,24-10+,25-11+. The first-order valence-electron chi connectivity index (χ1n) is 18.0. The highest BCUT2D eigenvalue weighted by Gasteiger charge is 2.58. The molecule has 11 atom stereocenters. The minimum atomic E-state index is -1.86. The van der Waals surface area contributed by atoms with E-state index in [0.717, 1.165) is 11.1 Å². The number of methoxy groups -OCH3 is 1. The second-order valence-electron chi connectivity index (χ2n) is 15.7. The smallest absolute Gasteiger partial charge is 0.308 e. The summed E-state index contributed by atoms with van der Waals surface area (Å²) in [5.41, 5.74) is -0.173. The molecule has 12 heteroatoms. The van der Waals surface area contributed by atoms with Crippen molar-refractivity contribution in [3.63, 3.8) is 0 Å². The number of cyclic esters (lactones) is 1. The lowest BCUT2D eigenvalue weighted by molar-refractivity contribution is -0.348. The highest BCUT2D eigenvalue weighted by molar-refractivity contribution is 5.70. The molecule has 0 aromatic carbocycles. The van der Waals surface area contributed by atoms with Crippen molar-refractivity contribution in [3.05, 3.63) is 35.5 Å². The molecule has 0 amide bonds. The van der Waals surface area contributed by atoms with Crippen molar-refractivity contribution in [3.8, 4) is 0 Å². The first-order valence-corrected chi connectivity index (χ1v) is 18.0. The Morgan fingerprint density at radius 2 is 1.68 bits per heavy atom. The number of carbonyl (C=O) groups is 2. The van der Waals surface area contributed by atoms with E-state index in [9.17, 15) is 30.0 Å². The summed E-state index contributed by atoms with van der Waals surface area (Å²) in [6.07, 6.45) is 1.91. The Labute approximate surface area is 296 Å². The summed E-state index contributed by atoms with van der Waals surface area (Å²) in [4.78, 5) is 25.4. The number of aliphatic hydroxyl groups excluding tert-OH is 2. The van der Waals surface area contributed by atoms with Crippen LogP contribution in [-0.2, 0) is 38.0 Å². The SMILES string of the molecule is C/C=C1\CC2/C=C/C(C)(C)C3(O)OC(C/C(=C\C)C3OC)CC(C(C)O)OC(=O)CC(O)CC3CC(OC(C)=O)C(C)(C)C(O)(CC(C1)O2)O3. The van der Waals surface area contributed by atoms with E-state index in [1.807, 2.05) is 52.0 Å². The molecule has 50 heavy (non-hydrogen) atoms. The quantitative estimate of drug-likeness (QED) is 0.244. The fraction of sp³-hybridized carbons (Fsp3) is 0.789. The average Bonchev–Trinajstić information content (AvgIpc) is 3.01. The van der Waals surface area contributed by atoms with Crippen molar-refractivity contribution < 1.29 is 58.4 Å². The zero-order chi connectivity index (χ0) is 37.2. The van der Waals surface area contributed by atoms with Gasteiger partial charge in [0.2, 0.25) is 5.79 Å². The predicted molar refractivity (Wildman–Crippen MR) is 183 cm³/mol. The lowest BCUT2D eigenvalue weighted by atomic mass is 9.70. The molecule has 0 aromatic heterocycles. The van der Waals surface area contributed by atoms with Crippen LogP contribution in [0, 0.1) is 10.8 Å². The fourth-order valence-corrected chi connectivity index (χ4v) is 7.91. The molecule has 0 saturated carbocycles. The van der Waals surface area contributed by atoms with E-state index in [2.05, 4.69) is 0 Å². The molecule has 4 aliphatic rings. The molecule has 3 fully saturated rings. The fourth-order valence-electron chi connectivity index (χ4n) is 7.91. The second kappa shape index (κ2) is 15.8. The van der Waals surface area contributed by atoms with Crippen LogP contribution in [0.4, 0.5) is 0 Å². The molecule has 0 aromatic rings. The first kappa shape index (κ1) is 40.6. The third-order valence-corrected chi connectivity index (χ3v) is 11.2. The number of hydrogen-bond donors (Lipinski definition) is 4. The van der Waals surface area contributed by atoms with E-state index in [1.54, 1.807) is 13.8 Å². The summed E-state index contributed by atoms with van der Waals surface area (Å²) in [7, 11) is 1.52. The molecule has 12 nitrogen and oxygen atoms in total. The third-order valence-electron chi connectivity index (χ3n) is 11.2. The van der Waals surface area contributed by atoms with Crippen molar-refractivity contribution in [1.29, 1.82) is 0 Å². The third kappa shape index (κ3) is 8.71. The predicted octanol–water partition coefficient (Wildman–Crippen LogP) is 4.16. The minimum absolute atomic E-state index is 0.0404. The molecule has 11 unspecified atom stereocenters. The average molecular weight is 709 g/mol. The van der Waals surface area contributed by atoms with Crippen molar-refractivity contribution >= 4 is 11.9 Å². The van der Waals surface area contributed by atoms with Crippen LogP contribution in [0.5, 0.6) is 0 Å². The van der Waals surface area contributed by atoms with Crippen LogP contribution in [0.1, 0.15) is 107 Å². The number of fused-ring (bicyclic) bond motifs is 6. The number of carbonyl (C=O) groups excluding carboxylic acids is 2. The lowest BCUT2D eigenvalue weighted by Crippen LogP contribution is -2.62. The lowest BCUT2D eigenvalue weighted by Gasteiger charge is -2.53. The maximum atomic E-state index is 13.2. The monoisotopic (exact) mass is 708 g/mol. The Morgan fingerprint density at radius 1 is 0.980 bits per heavy atom. The van der Waals surface area contributed by atoms with E-state index < -0.39 is 95.7 Å². The topological polar surface area (TPSA) is 170 Å². The van der Waals surface area contributed by atoms with Gasteiger partial charge in [-0.3, -0.25) is 9.59 Å². The van der Waals surface area contributed by atoms with E-state index >= 15 is 0 Å². The highest BCUT2D eigenvalue weighted by atomic mass is 16.7. The number of allylic oxidation sites excluding steroid dienone is 2. The number of esters is 2. The summed E-state index contributed by atoms with van der Waals surface area (Å²) in [5, 5.41) is 46.4. The Morgan fingerprint density at radius 3 is 2.28 bits per heavy atom. The van der Waals surface area contributed by atoms with Gasteiger partial charge in [0.05, 0.1) is 48.5 Å². The van der Waals surface area contributed by atoms with Gasteiger partial charge in [-0.15, -0.1) is 0 Å². The van der Waals surface area contributed by atoms with Gasteiger partial charge in [-0.05, 0) is 45.6 Å². The first-order chi connectivity index (χ1) is 23.3. The van der Waals surface area contributed by atoms with Gasteiger partial charge >= 0.3 is 11.9 Å². The Bertz CT molecular complexity index is 1300.